The number of anilines is 1. The molecule has 42 heavy (non-hydrogen) atoms. The number of fused-ring (bicyclic) bond motifs is 1. The van der Waals surface area contributed by atoms with Gasteiger partial charge in [-0.25, -0.2) is 8.42 Å². The number of carbonyl (C=O) groups is 2. The van der Waals surface area contributed by atoms with Crippen LogP contribution in [0.2, 0.25) is 5.02 Å². The summed E-state index contributed by atoms with van der Waals surface area (Å²) in [6.45, 7) is 4.57. The SMILES string of the molecule is CC(C)CNC(=O)C(Cc1ccccc1)N(Cc1ccccc1Cl)C(=O)CN(c1ccc2c(c1)OCCO2)S(C)(=O)=O. The minimum absolute atomic E-state index is 0.00382. The summed E-state index contributed by atoms with van der Waals surface area (Å²) in [5, 5.41) is 3.39. The molecule has 0 bridgehead atoms. The highest BCUT2D eigenvalue weighted by Gasteiger charge is 2.33. The van der Waals surface area contributed by atoms with Crippen molar-refractivity contribution in [3.05, 3.63) is 88.9 Å². The Bertz CT molecular complexity index is 1500. The smallest absolute Gasteiger partial charge is 0.244 e. The van der Waals surface area contributed by atoms with Gasteiger partial charge in [0.15, 0.2) is 11.5 Å². The normalized spacial score (nSPS) is 13.4. The van der Waals surface area contributed by atoms with Gasteiger partial charge in [-0.3, -0.25) is 13.9 Å². The molecule has 0 aliphatic carbocycles. The van der Waals surface area contributed by atoms with Crippen LogP contribution in [0.1, 0.15) is 25.0 Å². The zero-order chi connectivity index (χ0) is 30.3. The molecule has 224 valence electrons. The Morgan fingerprint density at radius 3 is 2.29 bits per heavy atom. The van der Waals surface area contributed by atoms with Crippen molar-refractivity contribution in [2.45, 2.75) is 32.9 Å². The van der Waals surface area contributed by atoms with E-state index in [1.165, 1.54) is 11.0 Å². The molecule has 0 saturated heterocycles. The predicted molar refractivity (Wildman–Crippen MR) is 163 cm³/mol. The number of hydrogen-bond acceptors (Lipinski definition) is 6. The molecule has 1 heterocycles. The van der Waals surface area contributed by atoms with E-state index in [1.54, 1.807) is 36.4 Å². The number of sulfonamides is 1. The average Bonchev–Trinajstić information content (AvgIpc) is 2.97. The predicted octanol–water partition coefficient (Wildman–Crippen LogP) is 4.29. The molecule has 1 aliphatic heterocycles. The molecular weight excluding hydrogens is 578 g/mol. The van der Waals surface area contributed by atoms with E-state index >= 15 is 0 Å². The third-order valence-corrected chi connectivity index (χ3v) is 8.26. The number of benzene rings is 3. The maximum atomic E-state index is 14.2. The van der Waals surface area contributed by atoms with E-state index in [4.69, 9.17) is 21.1 Å². The van der Waals surface area contributed by atoms with Crippen molar-refractivity contribution in [3.63, 3.8) is 0 Å². The van der Waals surface area contributed by atoms with Gasteiger partial charge in [0.05, 0.1) is 11.9 Å². The summed E-state index contributed by atoms with van der Waals surface area (Å²) < 4.78 is 38.3. The van der Waals surface area contributed by atoms with Crippen molar-refractivity contribution in [1.82, 2.24) is 10.2 Å². The highest BCUT2D eigenvalue weighted by Crippen LogP contribution is 2.35. The van der Waals surface area contributed by atoms with Gasteiger partial charge < -0.3 is 19.7 Å². The second kappa shape index (κ2) is 13.9. The molecule has 11 heteroatoms. The molecular formula is C31H36ClN3O6S. The standard InChI is InChI=1S/C31H36ClN3O6S/c1-22(2)19-33-31(37)27(17-23-9-5-4-6-10-23)34(20-24-11-7-8-12-26(24)32)30(36)21-35(42(3,38)39)25-13-14-28-29(18-25)41-16-15-40-28/h4-14,18,22,27H,15-17,19-21H2,1-3H3,(H,33,37). The molecule has 1 unspecified atom stereocenters. The van der Waals surface area contributed by atoms with E-state index in [2.05, 4.69) is 5.32 Å². The fourth-order valence-electron chi connectivity index (χ4n) is 4.59. The van der Waals surface area contributed by atoms with Crippen molar-refractivity contribution < 1.29 is 27.5 Å². The molecule has 1 atom stereocenters. The molecule has 0 radical (unpaired) electrons. The highest BCUT2D eigenvalue weighted by molar-refractivity contribution is 7.92. The Balaban J connectivity index is 1.73. The van der Waals surface area contributed by atoms with Crippen LogP contribution in [0.15, 0.2) is 72.8 Å². The Morgan fingerprint density at radius 1 is 0.952 bits per heavy atom. The third kappa shape index (κ3) is 8.17. The summed E-state index contributed by atoms with van der Waals surface area (Å²) in [6, 6.07) is 20.2. The van der Waals surface area contributed by atoms with Crippen LogP contribution in [0.5, 0.6) is 11.5 Å². The van der Waals surface area contributed by atoms with Crippen molar-refractivity contribution >= 4 is 39.1 Å². The van der Waals surface area contributed by atoms with Crippen LogP contribution in [0.4, 0.5) is 5.69 Å². The number of carbonyl (C=O) groups excluding carboxylic acids is 2. The molecule has 9 nitrogen and oxygen atoms in total. The van der Waals surface area contributed by atoms with E-state index in [0.717, 1.165) is 16.1 Å². The van der Waals surface area contributed by atoms with E-state index < -0.39 is 28.5 Å². The minimum Gasteiger partial charge on any atom is -0.486 e. The van der Waals surface area contributed by atoms with Gasteiger partial charge in [0, 0.05) is 30.6 Å². The molecule has 4 rings (SSSR count). The summed E-state index contributed by atoms with van der Waals surface area (Å²) >= 11 is 6.49. The largest absolute Gasteiger partial charge is 0.486 e. The first-order chi connectivity index (χ1) is 20.0. The summed E-state index contributed by atoms with van der Waals surface area (Å²) in [5.41, 5.74) is 1.73. The van der Waals surface area contributed by atoms with Crippen LogP contribution < -0.4 is 19.1 Å². The Morgan fingerprint density at radius 2 is 1.62 bits per heavy atom. The molecule has 0 saturated carbocycles. The minimum atomic E-state index is -3.92. The monoisotopic (exact) mass is 613 g/mol. The topological polar surface area (TPSA) is 105 Å². The van der Waals surface area contributed by atoms with Gasteiger partial charge in [-0.15, -0.1) is 0 Å². The van der Waals surface area contributed by atoms with E-state index in [9.17, 15) is 18.0 Å². The number of amides is 2. The van der Waals surface area contributed by atoms with Crippen molar-refractivity contribution in [2.24, 2.45) is 5.92 Å². The van der Waals surface area contributed by atoms with Gasteiger partial charge in [0.25, 0.3) is 0 Å². The van der Waals surface area contributed by atoms with Gasteiger partial charge in [0.1, 0.15) is 25.8 Å². The molecule has 3 aromatic carbocycles. The van der Waals surface area contributed by atoms with Gasteiger partial charge in [-0.1, -0.05) is 74.0 Å². The van der Waals surface area contributed by atoms with Gasteiger partial charge >= 0.3 is 0 Å². The summed E-state index contributed by atoms with van der Waals surface area (Å²) in [5.74, 6) is 0.182. The number of nitrogens with one attached hydrogen (secondary N) is 1. The Hall–Kier alpha value is -3.76. The Labute approximate surface area is 252 Å². The number of hydrogen-bond donors (Lipinski definition) is 1. The van der Waals surface area contributed by atoms with Gasteiger partial charge in [0.2, 0.25) is 21.8 Å². The fraction of sp³-hybridized carbons (Fsp3) is 0.355. The Kier molecular flexibility index (Phi) is 10.3. The average molecular weight is 614 g/mol. The van der Waals surface area contributed by atoms with E-state index in [0.29, 0.717) is 41.8 Å². The summed E-state index contributed by atoms with van der Waals surface area (Å²) in [6.07, 6.45) is 1.26. The zero-order valence-corrected chi connectivity index (χ0v) is 25.5. The van der Waals surface area contributed by atoms with Crippen LogP contribution >= 0.6 is 11.6 Å². The van der Waals surface area contributed by atoms with Crippen LogP contribution in [0.3, 0.4) is 0 Å². The first-order valence-electron chi connectivity index (χ1n) is 13.7. The third-order valence-electron chi connectivity index (χ3n) is 6.75. The van der Waals surface area contributed by atoms with Crippen LogP contribution in [-0.2, 0) is 32.6 Å². The van der Waals surface area contributed by atoms with E-state index in [-0.39, 0.29) is 30.5 Å². The molecule has 0 fully saturated rings. The quantitative estimate of drug-likeness (QED) is 0.327. The molecule has 2 amide bonds. The highest BCUT2D eigenvalue weighted by atomic mass is 35.5. The first-order valence-corrected chi connectivity index (χ1v) is 16.0. The van der Waals surface area contributed by atoms with Crippen molar-refractivity contribution in [2.75, 3.05) is 36.9 Å². The maximum absolute atomic E-state index is 14.2. The van der Waals surface area contributed by atoms with E-state index in [1.807, 2.05) is 44.2 Å². The second-order valence-corrected chi connectivity index (χ2v) is 12.9. The maximum Gasteiger partial charge on any atom is 0.244 e. The zero-order valence-electron chi connectivity index (χ0n) is 24.0. The van der Waals surface area contributed by atoms with Gasteiger partial charge in [-0.05, 0) is 35.2 Å². The number of halogens is 1. The number of nitrogens with zero attached hydrogens (tertiary/aromatic N) is 2. The molecule has 1 aliphatic rings. The summed E-state index contributed by atoms with van der Waals surface area (Å²) in [4.78, 5) is 29.3. The lowest BCUT2D eigenvalue weighted by molar-refractivity contribution is -0.140. The molecule has 1 N–H and O–H groups in total. The first kappa shape index (κ1) is 31.2. The molecule has 0 aromatic heterocycles. The lowest BCUT2D eigenvalue weighted by Crippen LogP contribution is -2.53. The summed E-state index contributed by atoms with van der Waals surface area (Å²) in [7, 11) is -3.92. The van der Waals surface area contributed by atoms with Crippen molar-refractivity contribution in [1.29, 1.82) is 0 Å². The van der Waals surface area contributed by atoms with Crippen LogP contribution in [-0.4, -0.2) is 63.7 Å². The lowest BCUT2D eigenvalue weighted by atomic mass is 10.0. The van der Waals surface area contributed by atoms with Crippen LogP contribution in [0, 0.1) is 5.92 Å². The van der Waals surface area contributed by atoms with Crippen molar-refractivity contribution in [3.8, 4) is 11.5 Å². The molecule has 0 spiro atoms. The fourth-order valence-corrected chi connectivity index (χ4v) is 5.62. The second-order valence-electron chi connectivity index (χ2n) is 10.6. The number of ether oxygens (including phenoxy) is 2. The molecule has 3 aromatic rings. The number of rotatable bonds is 12. The van der Waals surface area contributed by atoms with Crippen LogP contribution in [0.25, 0.3) is 0 Å². The van der Waals surface area contributed by atoms with Gasteiger partial charge in [-0.2, -0.15) is 0 Å². The lowest BCUT2D eigenvalue weighted by Gasteiger charge is -2.34.